The predicted molar refractivity (Wildman–Crippen MR) is 84.3 cm³/mol. The standard InChI is InChI=1S/C14H17ClN2O2S/c1-2-19-13(18)8-17(9-3-4-9)10-5-6-11(14(16)20)12(15)7-10/h5-7,9H,2-4,8H2,1H3,(H2,16,20). The second-order valence-electron chi connectivity index (χ2n) is 4.69. The minimum atomic E-state index is -0.228. The maximum absolute atomic E-state index is 11.7. The summed E-state index contributed by atoms with van der Waals surface area (Å²) in [7, 11) is 0. The van der Waals surface area contributed by atoms with Crippen LogP contribution in [0.2, 0.25) is 5.02 Å². The maximum Gasteiger partial charge on any atom is 0.325 e. The van der Waals surface area contributed by atoms with Crippen LogP contribution in [-0.4, -0.2) is 30.2 Å². The van der Waals surface area contributed by atoms with Crippen LogP contribution in [0.15, 0.2) is 18.2 Å². The summed E-state index contributed by atoms with van der Waals surface area (Å²) in [6.07, 6.45) is 2.15. The molecule has 6 heteroatoms. The SMILES string of the molecule is CCOC(=O)CN(c1ccc(C(N)=S)c(Cl)c1)C1CC1. The Morgan fingerprint density at radius 2 is 2.25 bits per heavy atom. The molecule has 0 radical (unpaired) electrons. The van der Waals surface area contributed by atoms with Crippen LogP contribution < -0.4 is 10.6 Å². The molecule has 0 spiro atoms. The normalized spacial score (nSPS) is 13.9. The molecule has 1 aromatic rings. The average molecular weight is 313 g/mol. The number of ether oxygens (including phenoxy) is 1. The molecule has 1 fully saturated rings. The number of hydrogen-bond acceptors (Lipinski definition) is 4. The first kappa shape index (κ1) is 15.1. The molecule has 0 heterocycles. The lowest BCUT2D eigenvalue weighted by Crippen LogP contribution is -2.33. The Labute approximate surface area is 128 Å². The fourth-order valence-electron chi connectivity index (χ4n) is 2.05. The lowest BCUT2D eigenvalue weighted by atomic mass is 10.2. The molecule has 2 N–H and O–H groups in total. The summed E-state index contributed by atoms with van der Waals surface area (Å²) >= 11 is 11.1. The van der Waals surface area contributed by atoms with E-state index in [1.807, 2.05) is 11.0 Å². The van der Waals surface area contributed by atoms with Crippen molar-refractivity contribution in [3.63, 3.8) is 0 Å². The first-order valence-electron chi connectivity index (χ1n) is 6.54. The van der Waals surface area contributed by atoms with Crippen LogP contribution in [0, 0.1) is 0 Å². The highest BCUT2D eigenvalue weighted by atomic mass is 35.5. The molecule has 0 amide bonds. The number of nitrogens with two attached hydrogens (primary N) is 1. The Morgan fingerprint density at radius 1 is 1.55 bits per heavy atom. The minimum absolute atomic E-state index is 0.228. The third-order valence-corrected chi connectivity index (χ3v) is 3.67. The molecular formula is C14H17ClN2O2S. The van der Waals surface area contributed by atoms with Gasteiger partial charge in [-0.05, 0) is 38.0 Å². The van der Waals surface area contributed by atoms with Gasteiger partial charge in [0.2, 0.25) is 0 Å². The quantitative estimate of drug-likeness (QED) is 0.646. The number of carbonyl (C=O) groups excluding carboxylic acids is 1. The van der Waals surface area contributed by atoms with Gasteiger partial charge in [0.15, 0.2) is 0 Å². The van der Waals surface area contributed by atoms with E-state index in [1.165, 1.54) is 0 Å². The molecule has 1 saturated carbocycles. The van der Waals surface area contributed by atoms with Crippen LogP contribution in [0.3, 0.4) is 0 Å². The third kappa shape index (κ3) is 3.61. The molecular weight excluding hydrogens is 296 g/mol. The summed E-state index contributed by atoms with van der Waals surface area (Å²) in [5.41, 5.74) is 7.14. The first-order valence-corrected chi connectivity index (χ1v) is 7.33. The molecule has 0 aliphatic heterocycles. The summed E-state index contributed by atoms with van der Waals surface area (Å²) in [4.78, 5) is 14.0. The van der Waals surface area contributed by atoms with E-state index in [9.17, 15) is 4.79 Å². The van der Waals surface area contributed by atoms with Crippen LogP contribution in [0.1, 0.15) is 25.3 Å². The van der Waals surface area contributed by atoms with Crippen LogP contribution in [-0.2, 0) is 9.53 Å². The molecule has 0 bridgehead atoms. The van der Waals surface area contributed by atoms with E-state index in [2.05, 4.69) is 0 Å². The van der Waals surface area contributed by atoms with Crippen molar-refractivity contribution in [1.82, 2.24) is 0 Å². The van der Waals surface area contributed by atoms with E-state index in [4.69, 9.17) is 34.3 Å². The second-order valence-corrected chi connectivity index (χ2v) is 5.54. The van der Waals surface area contributed by atoms with Gasteiger partial charge in [0.25, 0.3) is 0 Å². The van der Waals surface area contributed by atoms with Gasteiger partial charge in [-0.25, -0.2) is 0 Å². The molecule has 2 rings (SSSR count). The van der Waals surface area contributed by atoms with E-state index in [0.717, 1.165) is 18.5 Å². The molecule has 108 valence electrons. The molecule has 0 aromatic heterocycles. The summed E-state index contributed by atoms with van der Waals surface area (Å²) in [6.45, 7) is 2.42. The molecule has 0 atom stereocenters. The van der Waals surface area contributed by atoms with E-state index < -0.39 is 0 Å². The molecule has 1 aliphatic carbocycles. The lowest BCUT2D eigenvalue weighted by molar-refractivity contribution is -0.141. The van der Waals surface area contributed by atoms with Crippen molar-refractivity contribution in [2.45, 2.75) is 25.8 Å². The summed E-state index contributed by atoms with van der Waals surface area (Å²) in [6, 6.07) is 5.86. The van der Waals surface area contributed by atoms with Crippen LogP contribution in [0.4, 0.5) is 5.69 Å². The zero-order valence-corrected chi connectivity index (χ0v) is 12.8. The number of thiocarbonyl (C=S) groups is 1. The Hall–Kier alpha value is -1.33. The Balaban J connectivity index is 2.19. The Bertz CT molecular complexity index is 532. The third-order valence-electron chi connectivity index (χ3n) is 3.14. The van der Waals surface area contributed by atoms with Crippen LogP contribution in [0.5, 0.6) is 0 Å². The van der Waals surface area contributed by atoms with Gasteiger partial charge < -0.3 is 15.4 Å². The monoisotopic (exact) mass is 312 g/mol. The zero-order valence-electron chi connectivity index (χ0n) is 11.3. The van der Waals surface area contributed by atoms with Gasteiger partial charge in [0.05, 0.1) is 11.6 Å². The summed E-state index contributed by atoms with van der Waals surface area (Å²) < 4.78 is 5.01. The van der Waals surface area contributed by atoms with Crippen LogP contribution in [0.25, 0.3) is 0 Å². The van der Waals surface area contributed by atoms with Crippen molar-refractivity contribution in [3.05, 3.63) is 28.8 Å². The van der Waals surface area contributed by atoms with Crippen LogP contribution >= 0.6 is 23.8 Å². The Kier molecular flexibility index (Phi) is 4.83. The largest absolute Gasteiger partial charge is 0.465 e. The number of benzene rings is 1. The van der Waals surface area contributed by atoms with Gasteiger partial charge in [0.1, 0.15) is 11.5 Å². The molecule has 0 saturated heterocycles. The Morgan fingerprint density at radius 3 is 2.75 bits per heavy atom. The number of nitrogens with zero attached hydrogens (tertiary/aromatic N) is 1. The van der Waals surface area contributed by atoms with Gasteiger partial charge in [-0.3, -0.25) is 4.79 Å². The minimum Gasteiger partial charge on any atom is -0.465 e. The molecule has 1 aliphatic rings. The average Bonchev–Trinajstić information content (AvgIpc) is 3.20. The zero-order chi connectivity index (χ0) is 14.7. The van der Waals surface area contributed by atoms with E-state index in [0.29, 0.717) is 23.2 Å². The van der Waals surface area contributed by atoms with E-state index >= 15 is 0 Å². The highest BCUT2D eigenvalue weighted by molar-refractivity contribution is 7.80. The number of halogens is 1. The van der Waals surface area contributed by atoms with E-state index in [-0.39, 0.29) is 17.5 Å². The number of carbonyl (C=O) groups is 1. The maximum atomic E-state index is 11.7. The first-order chi connectivity index (χ1) is 9.52. The number of esters is 1. The van der Waals surface area contributed by atoms with Crippen molar-refractivity contribution in [1.29, 1.82) is 0 Å². The van der Waals surface area contributed by atoms with Crippen molar-refractivity contribution < 1.29 is 9.53 Å². The molecule has 0 unspecified atom stereocenters. The lowest BCUT2D eigenvalue weighted by Gasteiger charge is -2.24. The fourth-order valence-corrected chi connectivity index (χ4v) is 2.56. The summed E-state index contributed by atoms with van der Waals surface area (Å²) in [5.74, 6) is -0.228. The van der Waals surface area contributed by atoms with Crippen molar-refractivity contribution >= 4 is 40.5 Å². The highest BCUT2D eigenvalue weighted by Gasteiger charge is 2.31. The van der Waals surface area contributed by atoms with Crippen molar-refractivity contribution in [3.8, 4) is 0 Å². The number of anilines is 1. The highest BCUT2D eigenvalue weighted by Crippen LogP contribution is 2.33. The fraction of sp³-hybridized carbons (Fsp3) is 0.429. The van der Waals surface area contributed by atoms with Gasteiger partial charge in [-0.15, -0.1) is 0 Å². The smallest absolute Gasteiger partial charge is 0.325 e. The second kappa shape index (κ2) is 6.41. The number of rotatable bonds is 6. The molecule has 20 heavy (non-hydrogen) atoms. The van der Waals surface area contributed by atoms with Gasteiger partial charge >= 0.3 is 5.97 Å². The van der Waals surface area contributed by atoms with Gasteiger partial charge in [0, 0.05) is 17.3 Å². The topological polar surface area (TPSA) is 55.6 Å². The number of hydrogen-bond donors (Lipinski definition) is 1. The van der Waals surface area contributed by atoms with Crippen molar-refractivity contribution in [2.75, 3.05) is 18.1 Å². The summed E-state index contributed by atoms with van der Waals surface area (Å²) in [5, 5.41) is 0.504. The van der Waals surface area contributed by atoms with Crippen molar-refractivity contribution in [2.24, 2.45) is 5.73 Å². The molecule has 1 aromatic carbocycles. The predicted octanol–water partition coefficient (Wildman–Crippen LogP) is 2.51. The van der Waals surface area contributed by atoms with Gasteiger partial charge in [-0.1, -0.05) is 23.8 Å². The van der Waals surface area contributed by atoms with Gasteiger partial charge in [-0.2, -0.15) is 0 Å². The molecule has 4 nitrogen and oxygen atoms in total. The van der Waals surface area contributed by atoms with E-state index in [1.54, 1.807) is 19.1 Å².